The highest BCUT2D eigenvalue weighted by atomic mass is 32.2. The predicted octanol–water partition coefficient (Wildman–Crippen LogP) is 8.41. The lowest BCUT2D eigenvalue weighted by Gasteiger charge is -2.59. The molecular formula is C23H33F16NO5S. The van der Waals surface area contributed by atoms with Gasteiger partial charge < -0.3 is 5.73 Å². The SMILES string of the molecule is CC(C)(C)C(C)(F)C(F)(F)C(C)(N)C(C)(C)C(F)(OC(F)(F)C(F)(OC(F)(F)C(F)(F)S(=O)(=O)O)C(F)(F)F)C(F)(F)C(C)(C)C. The van der Waals surface area contributed by atoms with Gasteiger partial charge in [0.15, 0.2) is 5.67 Å². The average Bonchev–Trinajstić information content (AvgIpc) is 2.74. The summed E-state index contributed by atoms with van der Waals surface area (Å²) in [6.45, 7) is 2.43. The molecule has 0 fully saturated rings. The van der Waals surface area contributed by atoms with Crippen molar-refractivity contribution in [2.75, 3.05) is 0 Å². The topological polar surface area (TPSA) is 98.9 Å². The van der Waals surface area contributed by atoms with E-state index < -0.39 is 84.8 Å². The van der Waals surface area contributed by atoms with E-state index in [1.165, 1.54) is 0 Å². The van der Waals surface area contributed by atoms with Gasteiger partial charge in [-0.05, 0) is 13.8 Å². The standard InChI is InChI=1S/C23H33F16NO5S/c1-11(2,3)14(9,24)17(27,28)15(10,40)13(7,8)18(29,16(25,26)12(4,5)6)44-21(34,35)19(30,20(31,32)33)45-22(36,37)23(38,39)46(41,42)43/h40H2,1-10H3,(H,41,42,43). The van der Waals surface area contributed by atoms with Crippen molar-refractivity contribution in [2.45, 2.75) is 128 Å². The van der Waals surface area contributed by atoms with Crippen LogP contribution in [0, 0.1) is 16.2 Å². The smallest absolute Gasteiger partial charge is 0.320 e. The summed E-state index contributed by atoms with van der Waals surface area (Å²) in [5.74, 6) is -25.5. The number of hydrogen-bond acceptors (Lipinski definition) is 5. The van der Waals surface area contributed by atoms with Crippen LogP contribution in [0.15, 0.2) is 0 Å². The summed E-state index contributed by atoms with van der Waals surface area (Å²) < 4.78 is 270. The van der Waals surface area contributed by atoms with Gasteiger partial charge in [-0.2, -0.15) is 61.1 Å². The van der Waals surface area contributed by atoms with Crippen LogP contribution in [0.1, 0.15) is 69.2 Å². The zero-order chi connectivity index (χ0) is 38.4. The summed E-state index contributed by atoms with van der Waals surface area (Å²) in [4.78, 5) is 0. The van der Waals surface area contributed by atoms with Crippen molar-refractivity contribution < 1.29 is 92.7 Å². The Hall–Kier alpha value is -1.33. The summed E-state index contributed by atoms with van der Waals surface area (Å²) in [6, 6.07) is 0. The van der Waals surface area contributed by atoms with Crippen molar-refractivity contribution in [3.05, 3.63) is 0 Å². The molecular weight excluding hydrogens is 706 g/mol. The fourth-order valence-corrected chi connectivity index (χ4v) is 4.00. The molecule has 0 aromatic rings. The number of nitrogens with two attached hydrogens (primary N) is 1. The van der Waals surface area contributed by atoms with Gasteiger partial charge in [0.05, 0.1) is 11.0 Å². The Morgan fingerprint density at radius 1 is 0.522 bits per heavy atom. The van der Waals surface area contributed by atoms with Crippen LogP contribution in [-0.4, -0.2) is 71.4 Å². The molecule has 0 aromatic heterocycles. The van der Waals surface area contributed by atoms with Gasteiger partial charge in [-0.3, -0.25) is 14.0 Å². The van der Waals surface area contributed by atoms with E-state index in [1.54, 1.807) is 0 Å². The number of halogens is 16. The Morgan fingerprint density at radius 3 is 1.11 bits per heavy atom. The second kappa shape index (κ2) is 11.1. The quantitative estimate of drug-likeness (QED) is 0.154. The molecule has 0 bridgehead atoms. The molecule has 0 amide bonds. The molecule has 0 aliphatic carbocycles. The van der Waals surface area contributed by atoms with Crippen molar-refractivity contribution in [1.29, 1.82) is 0 Å². The molecule has 3 N–H and O–H groups in total. The highest BCUT2D eigenvalue weighted by Crippen LogP contribution is 2.65. The molecule has 0 spiro atoms. The average molecular weight is 740 g/mol. The first-order chi connectivity index (χ1) is 19.2. The van der Waals surface area contributed by atoms with E-state index in [4.69, 9.17) is 10.3 Å². The first-order valence-corrected chi connectivity index (χ1v) is 13.8. The number of alkyl halides is 16. The minimum Gasteiger partial charge on any atom is -0.320 e. The van der Waals surface area contributed by atoms with Crippen molar-refractivity contribution in [3.8, 4) is 0 Å². The predicted molar refractivity (Wildman–Crippen MR) is 127 cm³/mol. The molecule has 0 saturated heterocycles. The fraction of sp³-hybridized carbons (Fsp3) is 1.00. The largest absolute Gasteiger partial charge is 0.460 e. The minimum atomic E-state index is -7.95. The van der Waals surface area contributed by atoms with E-state index in [0.717, 1.165) is 20.8 Å². The Morgan fingerprint density at radius 2 is 0.848 bits per heavy atom. The summed E-state index contributed by atoms with van der Waals surface area (Å²) in [6.07, 6.45) is -23.4. The molecule has 23 heteroatoms. The first kappa shape index (κ1) is 44.7. The van der Waals surface area contributed by atoms with Crippen molar-refractivity contribution in [1.82, 2.24) is 0 Å². The lowest BCUT2D eigenvalue weighted by Crippen LogP contribution is -2.79. The van der Waals surface area contributed by atoms with Gasteiger partial charge in [0.2, 0.25) is 0 Å². The van der Waals surface area contributed by atoms with Crippen LogP contribution in [0.4, 0.5) is 70.2 Å². The Balaban J connectivity index is 8.06. The van der Waals surface area contributed by atoms with E-state index in [1.807, 2.05) is 4.74 Å². The third-order valence-corrected chi connectivity index (χ3v) is 8.92. The van der Waals surface area contributed by atoms with Crippen LogP contribution in [0.2, 0.25) is 0 Å². The van der Waals surface area contributed by atoms with Gasteiger partial charge in [0.1, 0.15) is 0 Å². The molecule has 0 aliphatic heterocycles. The van der Waals surface area contributed by atoms with Gasteiger partial charge in [-0.1, -0.05) is 55.4 Å². The maximum Gasteiger partial charge on any atom is 0.460 e. The zero-order valence-electron chi connectivity index (χ0n) is 25.6. The lowest BCUT2D eigenvalue weighted by atomic mass is 9.57. The highest BCUT2D eigenvalue weighted by Gasteiger charge is 2.86. The molecule has 0 rings (SSSR count). The van der Waals surface area contributed by atoms with E-state index in [-0.39, 0.29) is 48.5 Å². The van der Waals surface area contributed by atoms with E-state index in [9.17, 15) is 39.2 Å². The van der Waals surface area contributed by atoms with Gasteiger partial charge in [0, 0.05) is 10.8 Å². The fourth-order valence-electron chi connectivity index (χ4n) is 3.66. The second-order valence-corrected chi connectivity index (χ2v) is 14.9. The highest BCUT2D eigenvalue weighted by molar-refractivity contribution is 7.86. The summed E-state index contributed by atoms with van der Waals surface area (Å²) in [5, 5.41) is -7.39. The van der Waals surface area contributed by atoms with Crippen LogP contribution in [0.5, 0.6) is 0 Å². The Labute approximate surface area is 253 Å². The van der Waals surface area contributed by atoms with Gasteiger partial charge in [0.25, 0.3) is 11.8 Å². The van der Waals surface area contributed by atoms with Gasteiger partial charge in [-0.25, -0.2) is 17.6 Å². The summed E-state index contributed by atoms with van der Waals surface area (Å²) in [7, 11) is -7.64. The molecule has 0 radical (unpaired) electrons. The third-order valence-electron chi connectivity index (χ3n) is 8.04. The monoisotopic (exact) mass is 739 g/mol. The van der Waals surface area contributed by atoms with Crippen molar-refractivity contribution in [2.24, 2.45) is 22.0 Å². The second-order valence-electron chi connectivity index (χ2n) is 13.4. The maximum absolute atomic E-state index is 16.8. The molecule has 6 nitrogen and oxygen atoms in total. The zero-order valence-corrected chi connectivity index (χ0v) is 26.4. The Bertz CT molecular complexity index is 1240. The molecule has 4 atom stereocenters. The lowest BCUT2D eigenvalue weighted by molar-refractivity contribution is -0.545. The molecule has 46 heavy (non-hydrogen) atoms. The molecule has 4 unspecified atom stereocenters. The number of ether oxygens (including phenoxy) is 2. The molecule has 278 valence electrons. The summed E-state index contributed by atoms with van der Waals surface area (Å²) >= 11 is 0. The van der Waals surface area contributed by atoms with Crippen LogP contribution in [0.25, 0.3) is 0 Å². The maximum atomic E-state index is 16.8. The summed E-state index contributed by atoms with van der Waals surface area (Å²) in [5.41, 5.74) is -12.8. The van der Waals surface area contributed by atoms with Gasteiger partial charge >= 0.3 is 45.5 Å². The van der Waals surface area contributed by atoms with Crippen LogP contribution in [0.3, 0.4) is 0 Å². The van der Waals surface area contributed by atoms with Gasteiger partial charge in [-0.15, -0.1) is 0 Å². The van der Waals surface area contributed by atoms with Crippen molar-refractivity contribution in [3.63, 3.8) is 0 Å². The molecule has 0 saturated carbocycles. The van der Waals surface area contributed by atoms with E-state index in [0.29, 0.717) is 0 Å². The van der Waals surface area contributed by atoms with Crippen LogP contribution in [-0.2, 0) is 19.6 Å². The van der Waals surface area contributed by atoms with Crippen LogP contribution >= 0.6 is 0 Å². The van der Waals surface area contributed by atoms with Crippen molar-refractivity contribution >= 4 is 10.1 Å². The third kappa shape index (κ3) is 6.16. The molecule has 0 aliphatic rings. The minimum absolute atomic E-state index is 0.0903. The van der Waals surface area contributed by atoms with E-state index in [2.05, 4.69) is 4.74 Å². The number of hydrogen-bond donors (Lipinski definition) is 2. The molecule has 0 aromatic carbocycles. The molecule has 0 heterocycles. The van der Waals surface area contributed by atoms with Crippen LogP contribution < -0.4 is 5.73 Å². The Kier molecular flexibility index (Phi) is 10.8. The first-order valence-electron chi connectivity index (χ1n) is 12.3. The normalized spacial score (nSPS) is 21.2. The van der Waals surface area contributed by atoms with E-state index >= 15 is 39.5 Å². The number of rotatable bonds is 12.